The van der Waals surface area contributed by atoms with Gasteiger partial charge in [0, 0.05) is 13.1 Å². The Morgan fingerprint density at radius 2 is 2.06 bits per heavy atom. The van der Waals surface area contributed by atoms with Crippen molar-refractivity contribution in [3.05, 3.63) is 10.6 Å². The summed E-state index contributed by atoms with van der Waals surface area (Å²) in [7, 11) is 0. The molecule has 0 atom stereocenters. The molecular weight excluding hydrogens is 236 g/mol. The number of carbonyl (C=O) groups excluding carboxylic acids is 1. The molecule has 0 unspecified atom stereocenters. The molecule has 0 saturated heterocycles. The molecule has 0 saturated carbocycles. The maximum Gasteiger partial charge on any atom is 0.277 e. The lowest BCUT2D eigenvalue weighted by atomic mass is 10.1. The predicted octanol–water partition coefficient (Wildman–Crippen LogP) is 1.72. The van der Waals surface area contributed by atoms with Crippen LogP contribution < -0.4 is 16.2 Å². The van der Waals surface area contributed by atoms with Crippen molar-refractivity contribution in [2.45, 2.75) is 33.6 Å². The lowest BCUT2D eigenvalue weighted by Crippen LogP contribution is -2.30. The van der Waals surface area contributed by atoms with E-state index in [0.717, 1.165) is 23.9 Å². The normalized spacial score (nSPS) is 10.7. The molecule has 0 bridgehead atoms. The van der Waals surface area contributed by atoms with Crippen LogP contribution in [0.2, 0.25) is 0 Å². The Hall–Kier alpha value is -1.14. The zero-order chi connectivity index (χ0) is 13.0. The van der Waals surface area contributed by atoms with E-state index in [1.165, 1.54) is 11.3 Å². The molecule has 6 heteroatoms. The Labute approximate surface area is 106 Å². The minimum absolute atomic E-state index is 0.211. The number of nitrogens with two attached hydrogens (primary N) is 1. The number of amides is 1. The topological polar surface area (TPSA) is 71.2 Å². The number of anilines is 1. The molecule has 1 amide bonds. The molecule has 0 aromatic carbocycles. The predicted molar refractivity (Wildman–Crippen MR) is 71.4 cm³/mol. The van der Waals surface area contributed by atoms with Gasteiger partial charge >= 0.3 is 0 Å². The molecule has 0 radical (unpaired) electrons. The van der Waals surface area contributed by atoms with Crippen LogP contribution in [0.1, 0.15) is 49.0 Å². The van der Waals surface area contributed by atoms with Gasteiger partial charge in [-0.1, -0.05) is 25.2 Å². The second kappa shape index (κ2) is 5.97. The molecule has 0 aliphatic carbocycles. The Morgan fingerprint density at radius 3 is 2.47 bits per heavy atom. The van der Waals surface area contributed by atoms with Gasteiger partial charge in [-0.15, -0.1) is 0 Å². The van der Waals surface area contributed by atoms with Crippen molar-refractivity contribution in [3.8, 4) is 0 Å². The van der Waals surface area contributed by atoms with Crippen molar-refractivity contribution in [1.82, 2.24) is 10.4 Å². The van der Waals surface area contributed by atoms with Crippen molar-refractivity contribution in [3.63, 3.8) is 0 Å². The van der Waals surface area contributed by atoms with Crippen molar-refractivity contribution in [1.29, 1.82) is 0 Å². The van der Waals surface area contributed by atoms with E-state index in [0.29, 0.717) is 4.88 Å². The van der Waals surface area contributed by atoms with Gasteiger partial charge in [0.15, 0.2) is 5.13 Å². The number of nitrogens with zero attached hydrogens (tertiary/aromatic N) is 2. The number of nitrogens with one attached hydrogen (secondary N) is 1. The summed E-state index contributed by atoms with van der Waals surface area (Å²) in [5, 5.41) is 0.886. The molecule has 5 nitrogen and oxygen atoms in total. The van der Waals surface area contributed by atoms with Crippen LogP contribution in [-0.2, 0) is 0 Å². The number of nitrogen functional groups attached to an aromatic ring is 1. The smallest absolute Gasteiger partial charge is 0.277 e. The zero-order valence-corrected chi connectivity index (χ0v) is 11.6. The Bertz CT molecular complexity index is 385. The fraction of sp³-hybridized carbons (Fsp3) is 0.636. The van der Waals surface area contributed by atoms with Crippen LogP contribution in [-0.4, -0.2) is 24.0 Å². The molecule has 0 aliphatic heterocycles. The lowest BCUT2D eigenvalue weighted by Gasteiger charge is -2.16. The number of hydrazine groups is 1. The van der Waals surface area contributed by atoms with E-state index >= 15 is 0 Å². The summed E-state index contributed by atoms with van der Waals surface area (Å²) in [5.74, 6) is 5.14. The number of hydrogen-bond donors (Lipinski definition) is 2. The van der Waals surface area contributed by atoms with Gasteiger partial charge in [-0.3, -0.25) is 10.2 Å². The lowest BCUT2D eigenvalue weighted by molar-refractivity contribution is 0.0956. The highest BCUT2D eigenvalue weighted by atomic mass is 32.1. The molecule has 1 aromatic heterocycles. The van der Waals surface area contributed by atoms with E-state index in [1.54, 1.807) is 0 Å². The molecular formula is C11H20N4OS. The summed E-state index contributed by atoms with van der Waals surface area (Å²) in [4.78, 5) is 19.0. The third-order valence-electron chi connectivity index (χ3n) is 2.56. The fourth-order valence-corrected chi connectivity index (χ4v) is 2.82. The first kappa shape index (κ1) is 13.9. The van der Waals surface area contributed by atoms with Crippen molar-refractivity contribution < 1.29 is 4.79 Å². The molecule has 96 valence electrons. The van der Waals surface area contributed by atoms with Crippen LogP contribution >= 0.6 is 11.3 Å². The number of hydrogen-bond acceptors (Lipinski definition) is 5. The third-order valence-corrected chi connectivity index (χ3v) is 3.69. The third kappa shape index (κ3) is 2.95. The van der Waals surface area contributed by atoms with Gasteiger partial charge in [0.05, 0.1) is 5.69 Å². The first-order valence-electron chi connectivity index (χ1n) is 5.81. The van der Waals surface area contributed by atoms with Crippen molar-refractivity contribution in [2.24, 2.45) is 5.84 Å². The van der Waals surface area contributed by atoms with Gasteiger partial charge in [0.2, 0.25) is 0 Å². The average Bonchev–Trinajstić information content (AvgIpc) is 2.75. The zero-order valence-electron chi connectivity index (χ0n) is 10.8. The summed E-state index contributed by atoms with van der Waals surface area (Å²) in [5.41, 5.74) is 3.00. The maximum atomic E-state index is 11.7. The van der Waals surface area contributed by atoms with E-state index in [-0.39, 0.29) is 11.8 Å². The van der Waals surface area contributed by atoms with Crippen LogP contribution in [0.5, 0.6) is 0 Å². The number of thiazole rings is 1. The van der Waals surface area contributed by atoms with Gasteiger partial charge in [-0.25, -0.2) is 10.8 Å². The first-order valence-corrected chi connectivity index (χ1v) is 6.63. The first-order chi connectivity index (χ1) is 8.04. The Morgan fingerprint density at radius 1 is 1.47 bits per heavy atom. The second-order valence-corrected chi connectivity index (χ2v) is 4.99. The standard InChI is InChI=1S/C11H20N4OS/c1-5-15(6-2)11-13-8(7(3)4)9(17-11)10(16)14-12/h7H,5-6,12H2,1-4H3,(H,14,16). The minimum Gasteiger partial charge on any atom is -0.349 e. The monoisotopic (exact) mass is 256 g/mol. The number of carbonyl (C=O) groups is 1. The summed E-state index contributed by atoms with van der Waals surface area (Å²) in [6, 6.07) is 0. The molecule has 1 rings (SSSR count). The summed E-state index contributed by atoms with van der Waals surface area (Å²) >= 11 is 1.40. The van der Waals surface area contributed by atoms with Crippen molar-refractivity contribution in [2.75, 3.05) is 18.0 Å². The van der Waals surface area contributed by atoms with Crippen LogP contribution in [0.3, 0.4) is 0 Å². The average molecular weight is 256 g/mol. The number of rotatable bonds is 5. The summed E-state index contributed by atoms with van der Waals surface area (Å²) in [6.45, 7) is 9.95. The maximum absolute atomic E-state index is 11.7. The van der Waals surface area contributed by atoms with Crippen LogP contribution in [0.25, 0.3) is 0 Å². The number of aromatic nitrogens is 1. The molecule has 0 spiro atoms. The van der Waals surface area contributed by atoms with E-state index in [1.807, 2.05) is 13.8 Å². The highest BCUT2D eigenvalue weighted by molar-refractivity contribution is 7.17. The van der Waals surface area contributed by atoms with Crippen LogP contribution in [0, 0.1) is 0 Å². The van der Waals surface area contributed by atoms with Crippen LogP contribution in [0.15, 0.2) is 0 Å². The van der Waals surface area contributed by atoms with Gasteiger partial charge in [-0.2, -0.15) is 0 Å². The van der Waals surface area contributed by atoms with Gasteiger partial charge in [0.1, 0.15) is 4.88 Å². The SMILES string of the molecule is CCN(CC)c1nc(C(C)C)c(C(=O)NN)s1. The molecule has 0 fully saturated rings. The molecule has 1 aromatic rings. The van der Waals surface area contributed by atoms with E-state index in [2.05, 4.69) is 29.2 Å². The second-order valence-electron chi connectivity index (χ2n) is 4.01. The minimum atomic E-state index is -0.260. The quantitative estimate of drug-likeness (QED) is 0.478. The molecule has 17 heavy (non-hydrogen) atoms. The van der Waals surface area contributed by atoms with Crippen LogP contribution in [0.4, 0.5) is 5.13 Å². The van der Waals surface area contributed by atoms with E-state index in [9.17, 15) is 4.79 Å². The molecule has 0 aliphatic rings. The van der Waals surface area contributed by atoms with Crippen molar-refractivity contribution >= 4 is 22.4 Å². The Kier molecular flexibility index (Phi) is 4.89. The summed E-state index contributed by atoms with van der Waals surface area (Å²) in [6.07, 6.45) is 0. The molecule has 1 heterocycles. The van der Waals surface area contributed by atoms with E-state index < -0.39 is 0 Å². The molecule has 3 N–H and O–H groups in total. The van der Waals surface area contributed by atoms with Gasteiger partial charge < -0.3 is 4.90 Å². The summed E-state index contributed by atoms with van der Waals surface area (Å²) < 4.78 is 0. The largest absolute Gasteiger partial charge is 0.349 e. The van der Waals surface area contributed by atoms with Gasteiger partial charge in [0.25, 0.3) is 5.91 Å². The highest BCUT2D eigenvalue weighted by Crippen LogP contribution is 2.30. The fourth-order valence-electron chi connectivity index (χ4n) is 1.57. The van der Waals surface area contributed by atoms with E-state index in [4.69, 9.17) is 5.84 Å². The van der Waals surface area contributed by atoms with Gasteiger partial charge in [-0.05, 0) is 19.8 Å². The highest BCUT2D eigenvalue weighted by Gasteiger charge is 2.21. The Balaban J connectivity index is 3.16.